The molecular weight excluding hydrogens is 380 g/mol. The minimum Gasteiger partial charge on any atom is -0.478 e. The van der Waals surface area contributed by atoms with Crippen LogP contribution in [-0.2, 0) is 9.59 Å². The van der Waals surface area contributed by atoms with Crippen LogP contribution in [0.25, 0.3) is 0 Å². The number of ketones is 3. The van der Waals surface area contributed by atoms with Gasteiger partial charge in [-0.2, -0.15) is 0 Å². The van der Waals surface area contributed by atoms with E-state index < -0.39 is 11.4 Å². The molecular formula is C25H36O5. The van der Waals surface area contributed by atoms with Crippen LogP contribution in [0.3, 0.4) is 0 Å². The molecule has 1 aromatic carbocycles. The molecule has 1 aliphatic rings. The van der Waals surface area contributed by atoms with Gasteiger partial charge in [0.1, 0.15) is 11.6 Å². The molecule has 1 N–H and O–H groups in total. The summed E-state index contributed by atoms with van der Waals surface area (Å²) in [7, 11) is 0. The lowest BCUT2D eigenvalue weighted by Gasteiger charge is -2.33. The van der Waals surface area contributed by atoms with Crippen LogP contribution in [0.5, 0.6) is 0 Å². The molecule has 1 fully saturated rings. The van der Waals surface area contributed by atoms with Crippen molar-refractivity contribution in [2.45, 2.75) is 74.1 Å². The molecule has 2 rings (SSSR count). The highest BCUT2D eigenvalue weighted by atomic mass is 16.4. The summed E-state index contributed by atoms with van der Waals surface area (Å²) in [4.78, 5) is 46.5. The Morgan fingerprint density at radius 1 is 0.800 bits per heavy atom. The van der Waals surface area contributed by atoms with Gasteiger partial charge in [-0.3, -0.25) is 14.4 Å². The van der Waals surface area contributed by atoms with E-state index in [4.69, 9.17) is 5.11 Å². The average molecular weight is 417 g/mol. The van der Waals surface area contributed by atoms with Crippen molar-refractivity contribution in [3.8, 4) is 0 Å². The van der Waals surface area contributed by atoms with Gasteiger partial charge in [-0.1, -0.05) is 72.6 Å². The Balaban J connectivity index is 0.000000300. The molecule has 5 heteroatoms. The molecule has 0 amide bonds. The molecule has 0 bridgehead atoms. The topological polar surface area (TPSA) is 88.5 Å². The molecule has 1 aliphatic carbocycles. The molecule has 0 aromatic heterocycles. The van der Waals surface area contributed by atoms with E-state index in [1.54, 1.807) is 45.9 Å². The number of carboxylic acids is 1. The lowest BCUT2D eigenvalue weighted by Crippen LogP contribution is -2.37. The number of benzene rings is 1. The predicted molar refractivity (Wildman–Crippen MR) is 118 cm³/mol. The van der Waals surface area contributed by atoms with Gasteiger partial charge in [0.2, 0.25) is 0 Å². The Bertz CT molecular complexity index is 792. The fraction of sp³-hybridized carbons (Fsp3) is 0.600. The summed E-state index contributed by atoms with van der Waals surface area (Å²) in [6.07, 6.45) is 4.00. The van der Waals surface area contributed by atoms with Crippen LogP contribution in [0.1, 0.15) is 94.9 Å². The number of carboxylic acid groups (broad SMARTS) is 1. The average Bonchev–Trinajstić information content (AvgIpc) is 2.65. The molecule has 1 aromatic rings. The van der Waals surface area contributed by atoms with E-state index in [9.17, 15) is 19.2 Å². The predicted octanol–water partition coefficient (Wildman–Crippen LogP) is 5.61. The Morgan fingerprint density at radius 3 is 1.67 bits per heavy atom. The minimum atomic E-state index is -1.07. The van der Waals surface area contributed by atoms with Crippen LogP contribution >= 0.6 is 0 Å². The maximum absolute atomic E-state index is 12.2. The number of carbonyl (C=O) groups is 4. The Hall–Kier alpha value is -2.30. The van der Waals surface area contributed by atoms with Gasteiger partial charge in [-0.15, -0.1) is 0 Å². The van der Waals surface area contributed by atoms with E-state index in [2.05, 4.69) is 0 Å². The number of hydrogen-bond donors (Lipinski definition) is 1. The zero-order chi connectivity index (χ0) is 23.3. The third-order valence-electron chi connectivity index (χ3n) is 5.45. The van der Waals surface area contributed by atoms with Gasteiger partial charge in [-0.25, -0.2) is 4.79 Å². The number of aromatic carboxylic acids is 1. The van der Waals surface area contributed by atoms with E-state index in [1.807, 2.05) is 20.8 Å². The van der Waals surface area contributed by atoms with Crippen molar-refractivity contribution in [3.63, 3.8) is 0 Å². The van der Waals surface area contributed by atoms with Crippen molar-refractivity contribution < 1.29 is 24.3 Å². The van der Waals surface area contributed by atoms with E-state index in [-0.39, 0.29) is 45.7 Å². The third-order valence-corrected chi connectivity index (χ3v) is 5.45. The minimum absolute atomic E-state index is 0.00882. The molecule has 5 nitrogen and oxygen atoms in total. The second-order valence-electron chi connectivity index (χ2n) is 10.2. The second kappa shape index (κ2) is 10.1. The smallest absolute Gasteiger partial charge is 0.336 e. The first-order valence-electron chi connectivity index (χ1n) is 10.6. The number of carbonyl (C=O) groups excluding carboxylic acids is 3. The van der Waals surface area contributed by atoms with Gasteiger partial charge in [0.05, 0.1) is 5.56 Å². The molecule has 0 aliphatic heterocycles. The highest BCUT2D eigenvalue weighted by molar-refractivity contribution is 6.07. The van der Waals surface area contributed by atoms with Gasteiger partial charge < -0.3 is 5.11 Å². The van der Waals surface area contributed by atoms with Crippen molar-refractivity contribution in [3.05, 3.63) is 35.4 Å². The summed E-state index contributed by atoms with van der Waals surface area (Å²) >= 11 is 0. The standard InChI is InChI=1S/C13H22O2.C12H14O3/c1-9(14)10-7-5-6-8-11(10)12(15)13(2,3)4;1-12(2,3)10(13)8-6-4-5-7-9(8)11(14)15/h10-11H,5-8H2,1-4H3;4-7H,1-3H3,(H,14,15). The molecule has 0 radical (unpaired) electrons. The largest absolute Gasteiger partial charge is 0.478 e. The van der Waals surface area contributed by atoms with Crippen molar-refractivity contribution in [2.75, 3.05) is 0 Å². The fourth-order valence-corrected chi connectivity index (χ4v) is 3.76. The zero-order valence-corrected chi connectivity index (χ0v) is 19.4. The normalized spacial score (nSPS) is 19.3. The SMILES string of the molecule is CC(=O)C1CCCCC1C(=O)C(C)(C)C.CC(C)(C)C(=O)c1ccccc1C(=O)O. The Morgan fingerprint density at radius 2 is 1.27 bits per heavy atom. The first-order valence-corrected chi connectivity index (χ1v) is 10.6. The summed E-state index contributed by atoms with van der Waals surface area (Å²) < 4.78 is 0. The van der Waals surface area contributed by atoms with Gasteiger partial charge in [0.15, 0.2) is 5.78 Å². The quantitative estimate of drug-likeness (QED) is 0.644. The lowest BCUT2D eigenvalue weighted by atomic mass is 9.69. The Kier molecular flexibility index (Phi) is 8.70. The van der Waals surface area contributed by atoms with E-state index in [0.29, 0.717) is 0 Å². The highest BCUT2D eigenvalue weighted by Gasteiger charge is 2.38. The Labute approximate surface area is 180 Å². The van der Waals surface area contributed by atoms with Crippen LogP contribution in [0.2, 0.25) is 0 Å². The van der Waals surface area contributed by atoms with Crippen molar-refractivity contribution >= 4 is 23.3 Å². The maximum atomic E-state index is 12.2. The van der Waals surface area contributed by atoms with Crippen molar-refractivity contribution in [1.29, 1.82) is 0 Å². The molecule has 0 spiro atoms. The molecule has 30 heavy (non-hydrogen) atoms. The molecule has 1 saturated carbocycles. The first kappa shape index (κ1) is 25.7. The van der Waals surface area contributed by atoms with Crippen LogP contribution in [-0.4, -0.2) is 28.4 Å². The highest BCUT2D eigenvalue weighted by Crippen LogP contribution is 2.36. The lowest BCUT2D eigenvalue weighted by molar-refractivity contribution is -0.138. The van der Waals surface area contributed by atoms with Gasteiger partial charge in [0, 0.05) is 28.2 Å². The van der Waals surface area contributed by atoms with Crippen molar-refractivity contribution in [1.82, 2.24) is 0 Å². The van der Waals surface area contributed by atoms with Crippen LogP contribution < -0.4 is 0 Å². The number of rotatable bonds is 4. The van der Waals surface area contributed by atoms with Gasteiger partial charge in [0.25, 0.3) is 0 Å². The summed E-state index contributed by atoms with van der Waals surface area (Å²) in [6.45, 7) is 12.8. The molecule has 166 valence electrons. The molecule has 0 saturated heterocycles. The van der Waals surface area contributed by atoms with Crippen LogP contribution in [0, 0.1) is 22.7 Å². The summed E-state index contributed by atoms with van der Waals surface area (Å²) in [5, 5.41) is 8.93. The monoisotopic (exact) mass is 416 g/mol. The zero-order valence-electron chi connectivity index (χ0n) is 19.4. The maximum Gasteiger partial charge on any atom is 0.336 e. The molecule has 0 heterocycles. The third kappa shape index (κ3) is 6.89. The molecule has 2 unspecified atom stereocenters. The fourth-order valence-electron chi connectivity index (χ4n) is 3.76. The second-order valence-corrected chi connectivity index (χ2v) is 10.2. The van der Waals surface area contributed by atoms with E-state index >= 15 is 0 Å². The van der Waals surface area contributed by atoms with E-state index in [0.717, 1.165) is 25.7 Å². The van der Waals surface area contributed by atoms with E-state index in [1.165, 1.54) is 6.07 Å². The van der Waals surface area contributed by atoms with Crippen molar-refractivity contribution in [2.24, 2.45) is 22.7 Å². The summed E-state index contributed by atoms with van der Waals surface area (Å²) in [5.41, 5.74) is -0.531. The summed E-state index contributed by atoms with van der Waals surface area (Å²) in [6, 6.07) is 6.28. The number of hydrogen-bond acceptors (Lipinski definition) is 4. The van der Waals surface area contributed by atoms with Gasteiger partial charge in [-0.05, 0) is 25.8 Å². The van der Waals surface area contributed by atoms with Crippen LogP contribution in [0.15, 0.2) is 24.3 Å². The van der Waals surface area contributed by atoms with Gasteiger partial charge >= 0.3 is 5.97 Å². The number of Topliss-reactive ketones (excluding diaryl/α,β-unsaturated/α-hetero) is 3. The van der Waals surface area contributed by atoms with Crippen LogP contribution in [0.4, 0.5) is 0 Å². The first-order chi connectivity index (χ1) is 13.7. The molecule has 2 atom stereocenters. The summed E-state index contributed by atoms with van der Waals surface area (Å²) in [5.74, 6) is -0.787.